The lowest BCUT2D eigenvalue weighted by atomic mass is 10.0. The number of likely N-dealkylation sites (tertiary alicyclic amines) is 1. The van der Waals surface area contributed by atoms with Crippen molar-refractivity contribution in [2.24, 2.45) is 0 Å². The summed E-state index contributed by atoms with van der Waals surface area (Å²) in [6, 6.07) is 4.01. The number of nitrogens with zero attached hydrogens (tertiary/aromatic N) is 1. The fourth-order valence-corrected chi connectivity index (χ4v) is 2.87. The molecular formula is C18H25NO2. The molecule has 0 bridgehead atoms. The molecule has 0 saturated carbocycles. The summed E-state index contributed by atoms with van der Waals surface area (Å²) in [7, 11) is 1.67. The van der Waals surface area contributed by atoms with E-state index in [0.717, 1.165) is 48.4 Å². The molecule has 1 aromatic rings. The second-order valence-electron chi connectivity index (χ2n) is 5.75. The molecule has 1 fully saturated rings. The molecule has 1 aliphatic heterocycles. The highest BCUT2D eigenvalue weighted by Crippen LogP contribution is 2.23. The van der Waals surface area contributed by atoms with Gasteiger partial charge in [-0.05, 0) is 61.6 Å². The number of methoxy groups -OCH3 is 1. The van der Waals surface area contributed by atoms with E-state index in [-0.39, 0.29) is 5.91 Å². The number of aryl methyl sites for hydroxylation is 2. The van der Waals surface area contributed by atoms with Crippen molar-refractivity contribution in [3.63, 3.8) is 0 Å². The normalized spacial score (nSPS) is 16.0. The predicted octanol–water partition coefficient (Wildman–Crippen LogP) is 3.73. The van der Waals surface area contributed by atoms with E-state index < -0.39 is 0 Å². The highest BCUT2D eigenvalue weighted by Gasteiger charge is 2.13. The van der Waals surface area contributed by atoms with Crippen molar-refractivity contribution < 1.29 is 9.53 Å². The van der Waals surface area contributed by atoms with Crippen molar-refractivity contribution >= 4 is 12.0 Å². The van der Waals surface area contributed by atoms with Crippen LogP contribution in [0.25, 0.3) is 6.08 Å². The van der Waals surface area contributed by atoms with Crippen LogP contribution in [0, 0.1) is 13.8 Å². The van der Waals surface area contributed by atoms with Gasteiger partial charge in [-0.25, -0.2) is 0 Å². The Kier molecular flexibility index (Phi) is 5.43. The maximum Gasteiger partial charge on any atom is 0.246 e. The van der Waals surface area contributed by atoms with Gasteiger partial charge in [0.25, 0.3) is 0 Å². The van der Waals surface area contributed by atoms with Crippen LogP contribution in [-0.2, 0) is 4.79 Å². The molecule has 0 unspecified atom stereocenters. The molecule has 1 aliphatic rings. The topological polar surface area (TPSA) is 29.5 Å². The monoisotopic (exact) mass is 287 g/mol. The van der Waals surface area contributed by atoms with E-state index >= 15 is 0 Å². The van der Waals surface area contributed by atoms with Gasteiger partial charge in [0.05, 0.1) is 7.11 Å². The molecule has 2 rings (SSSR count). The minimum atomic E-state index is 0.131. The minimum Gasteiger partial charge on any atom is -0.497 e. The fraction of sp³-hybridized carbons (Fsp3) is 0.500. The Bertz CT molecular complexity index is 503. The SMILES string of the molecule is COc1cc(C)c(/C=C/C(=O)N2CCCCCC2)c(C)c1. The van der Waals surface area contributed by atoms with Crippen LogP contribution in [0.1, 0.15) is 42.4 Å². The zero-order chi connectivity index (χ0) is 15.2. The number of ether oxygens (including phenoxy) is 1. The minimum absolute atomic E-state index is 0.131. The van der Waals surface area contributed by atoms with Crippen LogP contribution in [0.15, 0.2) is 18.2 Å². The van der Waals surface area contributed by atoms with E-state index in [1.807, 2.05) is 37.0 Å². The maximum absolute atomic E-state index is 12.3. The van der Waals surface area contributed by atoms with Gasteiger partial charge in [-0.3, -0.25) is 4.79 Å². The summed E-state index contributed by atoms with van der Waals surface area (Å²) in [4.78, 5) is 14.3. The standard InChI is InChI=1S/C18H25NO2/c1-14-12-16(21-3)13-15(2)17(14)8-9-18(20)19-10-6-4-5-7-11-19/h8-9,12-13H,4-7,10-11H2,1-3H3/b9-8+. The Labute approximate surface area is 127 Å². The molecule has 3 nitrogen and oxygen atoms in total. The lowest BCUT2D eigenvalue weighted by Gasteiger charge is -2.18. The van der Waals surface area contributed by atoms with Crippen LogP contribution in [-0.4, -0.2) is 31.0 Å². The van der Waals surface area contributed by atoms with Gasteiger partial charge in [0, 0.05) is 19.2 Å². The van der Waals surface area contributed by atoms with E-state index in [1.54, 1.807) is 13.2 Å². The first-order valence-corrected chi connectivity index (χ1v) is 7.74. The quantitative estimate of drug-likeness (QED) is 0.793. The smallest absolute Gasteiger partial charge is 0.246 e. The highest BCUT2D eigenvalue weighted by molar-refractivity contribution is 5.92. The largest absolute Gasteiger partial charge is 0.497 e. The number of benzene rings is 1. The van der Waals surface area contributed by atoms with Crippen LogP contribution < -0.4 is 4.74 Å². The first-order chi connectivity index (χ1) is 10.1. The molecule has 21 heavy (non-hydrogen) atoms. The average Bonchev–Trinajstić information content (AvgIpc) is 2.75. The summed E-state index contributed by atoms with van der Waals surface area (Å²) in [5.74, 6) is 0.993. The van der Waals surface area contributed by atoms with E-state index in [0.29, 0.717) is 0 Å². The highest BCUT2D eigenvalue weighted by atomic mass is 16.5. The lowest BCUT2D eigenvalue weighted by molar-refractivity contribution is -0.125. The molecule has 1 saturated heterocycles. The summed E-state index contributed by atoms with van der Waals surface area (Å²) >= 11 is 0. The number of amides is 1. The molecular weight excluding hydrogens is 262 g/mol. The van der Waals surface area contributed by atoms with E-state index in [9.17, 15) is 4.79 Å². The van der Waals surface area contributed by atoms with E-state index in [4.69, 9.17) is 4.74 Å². The zero-order valence-corrected chi connectivity index (χ0v) is 13.3. The van der Waals surface area contributed by atoms with Crippen LogP contribution in [0.5, 0.6) is 5.75 Å². The number of rotatable bonds is 3. The van der Waals surface area contributed by atoms with Gasteiger partial charge < -0.3 is 9.64 Å². The van der Waals surface area contributed by atoms with Gasteiger partial charge in [-0.1, -0.05) is 12.8 Å². The second kappa shape index (κ2) is 7.30. The lowest BCUT2D eigenvalue weighted by Crippen LogP contribution is -2.30. The van der Waals surface area contributed by atoms with Crippen molar-refractivity contribution in [1.29, 1.82) is 0 Å². The molecule has 3 heteroatoms. The van der Waals surface area contributed by atoms with Crippen molar-refractivity contribution in [2.75, 3.05) is 20.2 Å². The Hall–Kier alpha value is -1.77. The van der Waals surface area contributed by atoms with Crippen LogP contribution in [0.4, 0.5) is 0 Å². The molecule has 0 spiro atoms. The maximum atomic E-state index is 12.3. The first kappa shape index (κ1) is 15.6. The second-order valence-corrected chi connectivity index (χ2v) is 5.75. The van der Waals surface area contributed by atoms with Gasteiger partial charge >= 0.3 is 0 Å². The molecule has 1 aromatic carbocycles. The third-order valence-corrected chi connectivity index (χ3v) is 4.11. The molecule has 1 heterocycles. The van der Waals surface area contributed by atoms with Crippen LogP contribution >= 0.6 is 0 Å². The van der Waals surface area contributed by atoms with Crippen molar-refractivity contribution in [2.45, 2.75) is 39.5 Å². The van der Waals surface area contributed by atoms with E-state index in [2.05, 4.69) is 0 Å². The number of carbonyl (C=O) groups excluding carboxylic acids is 1. The van der Waals surface area contributed by atoms with Gasteiger partial charge in [-0.15, -0.1) is 0 Å². The number of hydrogen-bond donors (Lipinski definition) is 0. The Morgan fingerprint density at radius 1 is 1.10 bits per heavy atom. The van der Waals surface area contributed by atoms with Crippen molar-refractivity contribution in [3.8, 4) is 5.75 Å². The van der Waals surface area contributed by atoms with Crippen molar-refractivity contribution in [3.05, 3.63) is 34.9 Å². The fourth-order valence-electron chi connectivity index (χ4n) is 2.87. The predicted molar refractivity (Wildman–Crippen MR) is 86.6 cm³/mol. The third kappa shape index (κ3) is 4.10. The average molecular weight is 287 g/mol. The molecule has 1 amide bonds. The molecule has 0 radical (unpaired) electrons. The first-order valence-electron chi connectivity index (χ1n) is 7.74. The molecule has 0 aliphatic carbocycles. The van der Waals surface area contributed by atoms with E-state index in [1.165, 1.54) is 12.8 Å². The zero-order valence-electron chi connectivity index (χ0n) is 13.3. The summed E-state index contributed by atoms with van der Waals surface area (Å²) < 4.78 is 5.27. The summed E-state index contributed by atoms with van der Waals surface area (Å²) in [5.41, 5.74) is 3.37. The Morgan fingerprint density at radius 2 is 1.67 bits per heavy atom. The molecule has 0 N–H and O–H groups in total. The molecule has 0 aromatic heterocycles. The summed E-state index contributed by atoms with van der Waals surface area (Å²) in [6.07, 6.45) is 8.39. The summed E-state index contributed by atoms with van der Waals surface area (Å²) in [5, 5.41) is 0. The van der Waals surface area contributed by atoms with Crippen molar-refractivity contribution in [1.82, 2.24) is 4.90 Å². The molecule has 114 valence electrons. The Balaban J connectivity index is 2.11. The third-order valence-electron chi connectivity index (χ3n) is 4.11. The van der Waals surface area contributed by atoms with Gasteiger partial charge in [-0.2, -0.15) is 0 Å². The van der Waals surface area contributed by atoms with Gasteiger partial charge in [0.1, 0.15) is 5.75 Å². The number of hydrogen-bond acceptors (Lipinski definition) is 2. The van der Waals surface area contributed by atoms with Crippen LogP contribution in [0.3, 0.4) is 0 Å². The van der Waals surface area contributed by atoms with Gasteiger partial charge in [0.15, 0.2) is 0 Å². The van der Waals surface area contributed by atoms with Crippen LogP contribution in [0.2, 0.25) is 0 Å². The Morgan fingerprint density at radius 3 is 2.19 bits per heavy atom. The number of carbonyl (C=O) groups is 1. The summed E-state index contributed by atoms with van der Waals surface area (Å²) in [6.45, 7) is 5.88. The van der Waals surface area contributed by atoms with Gasteiger partial charge in [0.2, 0.25) is 5.91 Å². The molecule has 0 atom stereocenters.